The molecule has 0 atom stereocenters. The standard InChI is InChI=1S/C20H17ClN2O.CO2/c1-13-7-9-18(21)17(11-13)15-8-10-19(22-12-15)23-20(24)16-6-4-3-5-14(16)2;2-1-3/h3-12H,1-2H3,(H,22,23,24);. The normalized spacial score (nSPS) is 9.59. The first-order chi connectivity index (χ1) is 13.0. The lowest BCUT2D eigenvalue weighted by Crippen LogP contribution is -2.14. The largest absolute Gasteiger partial charge is 0.373 e. The molecule has 136 valence electrons. The van der Waals surface area contributed by atoms with Gasteiger partial charge in [-0.2, -0.15) is 9.59 Å². The maximum absolute atomic E-state index is 12.3. The van der Waals surface area contributed by atoms with Crippen LogP contribution in [0.25, 0.3) is 11.1 Å². The lowest BCUT2D eigenvalue weighted by atomic mass is 10.1. The predicted molar refractivity (Wildman–Crippen MR) is 104 cm³/mol. The minimum Gasteiger partial charge on any atom is -0.307 e. The van der Waals surface area contributed by atoms with Crippen LogP contribution in [0.15, 0.2) is 60.8 Å². The molecule has 0 unspecified atom stereocenters. The van der Waals surface area contributed by atoms with Crippen molar-refractivity contribution in [3.05, 3.63) is 82.5 Å². The summed E-state index contributed by atoms with van der Waals surface area (Å²) >= 11 is 6.25. The number of anilines is 1. The van der Waals surface area contributed by atoms with Crippen molar-refractivity contribution in [2.24, 2.45) is 0 Å². The summed E-state index contributed by atoms with van der Waals surface area (Å²) in [5.74, 6) is 0.345. The van der Waals surface area contributed by atoms with E-state index < -0.39 is 0 Å². The molecule has 0 saturated heterocycles. The summed E-state index contributed by atoms with van der Waals surface area (Å²) in [6.45, 7) is 3.93. The molecule has 1 aromatic heterocycles. The van der Waals surface area contributed by atoms with Gasteiger partial charge in [-0.3, -0.25) is 4.79 Å². The molecule has 2 aromatic carbocycles. The molecular weight excluding hydrogens is 364 g/mol. The molecule has 27 heavy (non-hydrogen) atoms. The van der Waals surface area contributed by atoms with E-state index in [0.717, 1.165) is 22.3 Å². The quantitative estimate of drug-likeness (QED) is 0.715. The summed E-state index contributed by atoms with van der Waals surface area (Å²) in [5.41, 5.74) is 4.55. The maximum atomic E-state index is 12.3. The van der Waals surface area contributed by atoms with Crippen LogP contribution < -0.4 is 5.32 Å². The summed E-state index contributed by atoms with van der Waals surface area (Å²) < 4.78 is 0. The van der Waals surface area contributed by atoms with Gasteiger partial charge in [-0.05, 0) is 49.7 Å². The first-order valence-corrected chi connectivity index (χ1v) is 8.43. The number of hydrogen-bond acceptors (Lipinski definition) is 4. The predicted octanol–water partition coefficient (Wildman–Crippen LogP) is 4.69. The average molecular weight is 381 g/mol. The van der Waals surface area contributed by atoms with Gasteiger partial charge in [0.05, 0.1) is 0 Å². The fourth-order valence-corrected chi connectivity index (χ4v) is 2.73. The lowest BCUT2D eigenvalue weighted by Gasteiger charge is -2.09. The van der Waals surface area contributed by atoms with E-state index in [9.17, 15) is 4.79 Å². The van der Waals surface area contributed by atoms with Crippen LogP contribution in [0.5, 0.6) is 0 Å². The van der Waals surface area contributed by atoms with Gasteiger partial charge in [0.25, 0.3) is 5.91 Å². The molecule has 1 heterocycles. The Hall–Kier alpha value is -3.27. The van der Waals surface area contributed by atoms with Crippen molar-refractivity contribution in [3.8, 4) is 11.1 Å². The van der Waals surface area contributed by atoms with Crippen LogP contribution in [-0.2, 0) is 9.59 Å². The van der Waals surface area contributed by atoms with Gasteiger partial charge < -0.3 is 5.32 Å². The second-order valence-corrected chi connectivity index (χ2v) is 6.17. The van der Waals surface area contributed by atoms with Crippen LogP contribution in [0.1, 0.15) is 21.5 Å². The number of pyridine rings is 1. The van der Waals surface area contributed by atoms with Crippen molar-refractivity contribution < 1.29 is 14.4 Å². The number of carbonyl (C=O) groups excluding carboxylic acids is 3. The number of benzene rings is 2. The number of aryl methyl sites for hydroxylation is 2. The highest BCUT2D eigenvalue weighted by Crippen LogP contribution is 2.28. The molecule has 0 aliphatic heterocycles. The Balaban J connectivity index is 0.000000817. The smallest absolute Gasteiger partial charge is 0.307 e. The van der Waals surface area contributed by atoms with Gasteiger partial charge in [-0.25, -0.2) is 4.98 Å². The Morgan fingerprint density at radius 3 is 2.37 bits per heavy atom. The van der Waals surface area contributed by atoms with Crippen LogP contribution in [0.2, 0.25) is 5.02 Å². The summed E-state index contributed by atoms with van der Waals surface area (Å²) in [7, 11) is 0. The summed E-state index contributed by atoms with van der Waals surface area (Å²) in [6.07, 6.45) is 1.97. The van der Waals surface area contributed by atoms with E-state index in [1.807, 2.05) is 56.3 Å². The van der Waals surface area contributed by atoms with Crippen molar-refractivity contribution in [2.45, 2.75) is 13.8 Å². The topological polar surface area (TPSA) is 76.1 Å². The molecule has 3 rings (SSSR count). The number of nitrogens with zero attached hydrogens (tertiary/aromatic N) is 1. The first-order valence-electron chi connectivity index (χ1n) is 8.05. The van der Waals surface area contributed by atoms with Crippen molar-refractivity contribution in [3.63, 3.8) is 0 Å². The van der Waals surface area contributed by atoms with Crippen molar-refractivity contribution >= 4 is 29.5 Å². The molecule has 0 spiro atoms. The summed E-state index contributed by atoms with van der Waals surface area (Å²) in [4.78, 5) is 32.9. The van der Waals surface area contributed by atoms with Crippen LogP contribution in [0.4, 0.5) is 5.82 Å². The van der Waals surface area contributed by atoms with Crippen molar-refractivity contribution in [1.29, 1.82) is 0 Å². The molecule has 0 aliphatic rings. The third-order valence-corrected chi connectivity index (χ3v) is 4.16. The van der Waals surface area contributed by atoms with Gasteiger partial charge in [-0.15, -0.1) is 0 Å². The number of nitrogens with one attached hydrogen (secondary N) is 1. The van der Waals surface area contributed by atoms with Crippen molar-refractivity contribution in [1.82, 2.24) is 4.98 Å². The number of amides is 1. The third kappa shape index (κ3) is 5.35. The minimum absolute atomic E-state index is 0.165. The highest BCUT2D eigenvalue weighted by Gasteiger charge is 2.10. The van der Waals surface area contributed by atoms with Gasteiger partial charge in [0.15, 0.2) is 0 Å². The molecule has 0 radical (unpaired) electrons. The van der Waals surface area contributed by atoms with Crippen LogP contribution in [-0.4, -0.2) is 17.0 Å². The zero-order valence-corrected chi connectivity index (χ0v) is 15.6. The zero-order chi connectivity index (χ0) is 19.8. The molecule has 1 N–H and O–H groups in total. The van der Waals surface area contributed by atoms with Crippen LogP contribution >= 0.6 is 11.6 Å². The molecule has 0 saturated carbocycles. The highest BCUT2D eigenvalue weighted by molar-refractivity contribution is 6.33. The molecule has 3 aromatic rings. The Kier molecular flexibility index (Phi) is 7.00. The number of hydrogen-bond donors (Lipinski definition) is 1. The number of aromatic nitrogens is 1. The van der Waals surface area contributed by atoms with Crippen LogP contribution in [0, 0.1) is 13.8 Å². The monoisotopic (exact) mass is 380 g/mol. The molecular formula is C21H17ClN2O3. The van der Waals surface area contributed by atoms with Gasteiger partial charge in [-0.1, -0.05) is 41.4 Å². The first kappa shape index (κ1) is 20.0. The highest BCUT2D eigenvalue weighted by atomic mass is 35.5. The molecule has 6 heteroatoms. The van der Waals surface area contributed by atoms with Crippen LogP contribution in [0.3, 0.4) is 0 Å². The number of carbonyl (C=O) groups is 1. The molecule has 5 nitrogen and oxygen atoms in total. The summed E-state index contributed by atoms with van der Waals surface area (Å²) in [6, 6.07) is 17.0. The third-order valence-electron chi connectivity index (χ3n) is 3.83. The fourth-order valence-electron chi connectivity index (χ4n) is 2.50. The Morgan fingerprint density at radius 1 is 1.04 bits per heavy atom. The Morgan fingerprint density at radius 2 is 1.74 bits per heavy atom. The Labute approximate surface area is 162 Å². The second-order valence-electron chi connectivity index (χ2n) is 5.77. The molecule has 0 fully saturated rings. The number of rotatable bonds is 3. The van der Waals surface area contributed by atoms with E-state index in [1.54, 1.807) is 18.3 Å². The second kappa shape index (κ2) is 9.43. The lowest BCUT2D eigenvalue weighted by molar-refractivity contribution is -0.191. The number of halogens is 1. The summed E-state index contributed by atoms with van der Waals surface area (Å²) in [5, 5.41) is 3.50. The van der Waals surface area contributed by atoms with E-state index in [-0.39, 0.29) is 12.1 Å². The molecule has 1 amide bonds. The van der Waals surface area contributed by atoms with E-state index in [1.165, 1.54) is 0 Å². The van der Waals surface area contributed by atoms with Gasteiger partial charge in [0.1, 0.15) is 5.82 Å². The molecule has 0 aliphatic carbocycles. The SMILES string of the molecule is Cc1ccc(Cl)c(-c2ccc(NC(=O)c3ccccc3C)nc2)c1.O=C=O. The maximum Gasteiger partial charge on any atom is 0.373 e. The fraction of sp³-hybridized carbons (Fsp3) is 0.0952. The van der Waals surface area contributed by atoms with E-state index in [2.05, 4.69) is 10.3 Å². The zero-order valence-electron chi connectivity index (χ0n) is 14.8. The van der Waals surface area contributed by atoms with E-state index in [0.29, 0.717) is 16.4 Å². The van der Waals surface area contributed by atoms with Gasteiger partial charge in [0, 0.05) is 27.9 Å². The minimum atomic E-state index is -0.165. The van der Waals surface area contributed by atoms with Crippen molar-refractivity contribution in [2.75, 3.05) is 5.32 Å². The Bertz CT molecular complexity index is 979. The average Bonchev–Trinajstić information content (AvgIpc) is 2.65. The molecule has 0 bridgehead atoms. The van der Waals surface area contributed by atoms with Gasteiger partial charge in [0.2, 0.25) is 0 Å². The van der Waals surface area contributed by atoms with Gasteiger partial charge >= 0.3 is 6.15 Å². The van der Waals surface area contributed by atoms with E-state index in [4.69, 9.17) is 21.2 Å². The van der Waals surface area contributed by atoms with E-state index >= 15 is 0 Å².